The number of methoxy groups -OCH3 is 1. The van der Waals surface area contributed by atoms with Crippen LogP contribution in [0.2, 0.25) is 0 Å². The second-order valence-corrected chi connectivity index (χ2v) is 40.0. The monoisotopic (exact) mass is 1950 g/mol. The first-order valence-corrected chi connectivity index (χ1v) is 50.9. The smallest absolute Gasteiger partial charge is 0.490 e. The van der Waals surface area contributed by atoms with Crippen LogP contribution >= 0.6 is 15.9 Å². The number of ether oxygens (including phenoxy) is 9. The molecule has 0 radical (unpaired) electrons. The van der Waals surface area contributed by atoms with Crippen LogP contribution in [0, 0.1) is 0 Å². The second-order valence-electron chi connectivity index (χ2n) is 39.1. The van der Waals surface area contributed by atoms with Crippen LogP contribution in [0.5, 0.6) is 11.6 Å². The molecule has 4 saturated carbocycles. The van der Waals surface area contributed by atoms with Gasteiger partial charge in [-0.3, -0.25) is 34.7 Å². The van der Waals surface area contributed by atoms with Gasteiger partial charge in [-0.05, 0) is 320 Å². The second kappa shape index (κ2) is 45.6. The molecule has 0 bridgehead atoms. The molecule has 10 aliphatic rings. The van der Waals surface area contributed by atoms with E-state index in [4.69, 9.17) is 51.9 Å². The molecule has 0 unspecified atom stereocenters. The number of carbonyl (C=O) groups excluding carboxylic acids is 2. The lowest BCUT2D eigenvalue weighted by Gasteiger charge is -2.35. The van der Waals surface area contributed by atoms with Gasteiger partial charge in [-0.2, -0.15) is 0 Å². The van der Waals surface area contributed by atoms with Gasteiger partial charge in [-0.1, -0.05) is 112 Å². The summed E-state index contributed by atoms with van der Waals surface area (Å²) in [6.45, 7) is 15.2. The van der Waals surface area contributed by atoms with Gasteiger partial charge >= 0.3 is 13.1 Å². The first kappa shape index (κ1) is 98.7. The third-order valence-corrected chi connectivity index (χ3v) is 29.9. The molecule has 0 atom stereocenters. The van der Waals surface area contributed by atoms with E-state index < -0.39 is 5.97 Å². The van der Waals surface area contributed by atoms with Gasteiger partial charge in [-0.25, -0.2) is 9.48 Å². The van der Waals surface area contributed by atoms with Crippen molar-refractivity contribution in [3.8, 4) is 11.6 Å². The number of Topliss-reactive ketones (excluding diaryl/α,β-unsaturated/α-hetero) is 1. The van der Waals surface area contributed by atoms with Crippen molar-refractivity contribution in [2.45, 2.75) is 247 Å². The maximum Gasteiger partial charge on any atom is 0.490 e. The van der Waals surface area contributed by atoms with Crippen molar-refractivity contribution in [1.29, 1.82) is 0 Å². The minimum absolute atomic E-state index is 0.0235. The average molecular weight is 1950 g/mol. The topological polar surface area (TPSA) is 264 Å². The zero-order valence-electron chi connectivity index (χ0n) is 81.2. The Hall–Kier alpha value is -11.5. The molecule has 23 nitrogen and oxygen atoms in total. The largest absolute Gasteiger partial charge is 0.497 e. The number of carbonyl (C=O) groups is 2. The minimum Gasteiger partial charge on any atom is -0.497 e. The number of aliphatic hydroxyl groups excluding tert-OH is 1. The molecule has 140 heavy (non-hydrogen) atoms. The van der Waals surface area contributed by atoms with Gasteiger partial charge < -0.3 is 57.0 Å². The highest BCUT2D eigenvalue weighted by Crippen LogP contribution is 2.47. The summed E-state index contributed by atoms with van der Waals surface area (Å²) in [4.78, 5) is 49.8. The number of ketones is 1. The highest BCUT2D eigenvalue weighted by Gasteiger charge is 2.54. The molecule has 4 aliphatic heterocycles. The van der Waals surface area contributed by atoms with Crippen LogP contribution in [0.15, 0.2) is 266 Å². The van der Waals surface area contributed by atoms with Crippen molar-refractivity contribution < 1.29 is 66.6 Å². The normalized spacial score (nSPS) is 21.1. The van der Waals surface area contributed by atoms with E-state index in [1.807, 2.05) is 110 Å². The fourth-order valence-corrected chi connectivity index (χ4v) is 21.0. The van der Waals surface area contributed by atoms with E-state index in [-0.39, 0.29) is 60.2 Å². The highest BCUT2D eigenvalue weighted by atomic mass is 79.9. The third-order valence-electron chi connectivity index (χ3n) is 29.4. The van der Waals surface area contributed by atoms with Crippen molar-refractivity contribution in [2.75, 3.05) is 53.4 Å². The predicted octanol–water partition coefficient (Wildman–Crippen LogP) is 24.5. The van der Waals surface area contributed by atoms with E-state index in [1.54, 1.807) is 24.9 Å². The van der Waals surface area contributed by atoms with Gasteiger partial charge in [0.05, 0.1) is 110 Å². The first-order valence-electron chi connectivity index (χ1n) is 50.1. The number of fused-ring (bicyclic) bond motifs is 6. The Morgan fingerprint density at radius 2 is 0.857 bits per heavy atom. The molecular formula is C115H127BBrN9O14. The molecule has 8 fully saturated rings. The molecule has 726 valence electrons. The van der Waals surface area contributed by atoms with Gasteiger partial charge in [0.1, 0.15) is 17.6 Å². The Labute approximate surface area is 828 Å². The zero-order chi connectivity index (χ0) is 96.5. The fourth-order valence-electron chi connectivity index (χ4n) is 20.6. The first-order chi connectivity index (χ1) is 68.2. The van der Waals surface area contributed by atoms with Crippen LogP contribution in [0.1, 0.15) is 243 Å². The number of rotatable bonds is 13. The quantitative estimate of drug-likeness (QED) is 0.0830. The van der Waals surface area contributed by atoms with E-state index in [1.165, 1.54) is 71.2 Å². The summed E-state index contributed by atoms with van der Waals surface area (Å²) in [6.07, 6.45) is 36.4. The van der Waals surface area contributed by atoms with Gasteiger partial charge in [0.25, 0.3) is 0 Å². The van der Waals surface area contributed by atoms with Gasteiger partial charge in [0.15, 0.2) is 17.4 Å². The standard InChI is InChI=1S/C28H30N4O4.C17H19NO2.C17H17NO2.C15H17NO.C15H15NO.C14H23BO4.C9H6BrN/c1-3-35-28(33)26-27(32(31-30-26)18-19-6-11-23(34-2)12-7-19)36-24-13-8-20(9-14-24)21-10-15-25-22(17-21)5-4-16-29-25;2*1-2-15-12-14(3-4-16(15)18-9-1)13-5-7-17(8-6-13)19-10-11-20-17;2*17-14-6-3-11(4-7-14)12-5-8-15-13(10-12)2-1-9-16-15;1-12(2)13(3,4)19-15(18-12)11-5-7-14(8-6-11)16-9-10-17-14;10-8-3-4-9-7(6-8)2-1-5-11-9/h4-7,10-12,15-17,20,24H,3,8-9,13-14,18H2,1-2H3;1-4,9,12-13H,5-8,10-11H2;1-5,9,12H,6-8,10-11H2;1-2,5,8-11,14,17H,3-4,6-7H2;1-2,5,8-11H,3-4,6-7H2;5H,6-10H2,1-4H3;1-6H. The Kier molecular flexibility index (Phi) is 32.2. The third kappa shape index (κ3) is 24.6. The molecule has 24 rings (SSSR count). The molecular weight excluding hydrogens is 1820 g/mol. The molecule has 4 saturated heterocycles. The summed E-state index contributed by atoms with van der Waals surface area (Å²) in [5, 5.41) is 25.0. The van der Waals surface area contributed by atoms with E-state index in [2.05, 4.69) is 223 Å². The van der Waals surface area contributed by atoms with Crippen LogP contribution in [0.3, 0.4) is 0 Å². The number of esters is 1. The number of benzene rings is 7. The van der Waals surface area contributed by atoms with Crippen molar-refractivity contribution in [1.82, 2.24) is 44.9 Å². The van der Waals surface area contributed by atoms with Crippen molar-refractivity contribution >= 4 is 106 Å². The number of nitrogens with zero attached hydrogens (tertiary/aromatic N) is 9. The molecule has 14 aromatic rings. The molecule has 1 N–H and O–H groups in total. The lowest BCUT2D eigenvalue weighted by atomic mass is 9.71. The molecule has 7 aromatic heterocycles. The van der Waals surface area contributed by atoms with Gasteiger partial charge in [-0.15, -0.1) is 5.10 Å². The number of hydrogen-bond donors (Lipinski definition) is 1. The lowest BCUT2D eigenvalue weighted by Crippen LogP contribution is -2.41. The number of halogens is 1. The predicted molar refractivity (Wildman–Crippen MR) is 550 cm³/mol. The Morgan fingerprint density at radius 3 is 1.29 bits per heavy atom. The van der Waals surface area contributed by atoms with Crippen LogP contribution in [0.25, 0.3) is 71.0 Å². The molecule has 7 aromatic carbocycles. The molecule has 0 amide bonds. The van der Waals surface area contributed by atoms with Crippen LogP contribution in [-0.2, 0) is 53.8 Å². The number of pyridine rings is 6. The average Bonchev–Trinajstić information content (AvgIpc) is 1.61. The van der Waals surface area contributed by atoms with E-state index in [9.17, 15) is 14.7 Å². The highest BCUT2D eigenvalue weighted by molar-refractivity contribution is 9.10. The van der Waals surface area contributed by atoms with Crippen molar-refractivity contribution in [3.05, 3.63) is 305 Å². The van der Waals surface area contributed by atoms with Crippen molar-refractivity contribution in [2.24, 2.45) is 0 Å². The minimum atomic E-state index is -0.521. The summed E-state index contributed by atoms with van der Waals surface area (Å²) in [6, 6.07) is 70.9. The molecule has 25 heteroatoms. The Morgan fingerprint density at radius 1 is 0.450 bits per heavy atom. The molecule has 11 heterocycles. The number of allylic oxidation sites excluding steroid dienone is 2. The molecule has 6 aliphatic carbocycles. The van der Waals surface area contributed by atoms with Crippen molar-refractivity contribution in [3.63, 3.8) is 0 Å². The molecule has 3 spiro atoms. The summed E-state index contributed by atoms with van der Waals surface area (Å²) in [5.74, 6) is 2.35. The van der Waals surface area contributed by atoms with Gasteiger partial charge in [0, 0.05) is 125 Å². The summed E-state index contributed by atoms with van der Waals surface area (Å²) in [7, 11) is 1.42. The number of aliphatic hydroxyl groups is 1. The fraction of sp³-hybridized carbons (Fsp3) is 0.409. The maximum absolute atomic E-state index is 12.6. The summed E-state index contributed by atoms with van der Waals surface area (Å²) in [5.41, 5.74) is 16.3. The lowest BCUT2D eigenvalue weighted by molar-refractivity contribution is -0.178. The van der Waals surface area contributed by atoms with Crippen LogP contribution < -0.4 is 9.47 Å². The van der Waals surface area contributed by atoms with E-state index in [0.717, 1.165) is 217 Å². The van der Waals surface area contributed by atoms with Gasteiger partial charge in [0.2, 0.25) is 11.6 Å². The Bertz CT molecular complexity index is 6610. The summed E-state index contributed by atoms with van der Waals surface area (Å²) >= 11 is 3.40. The summed E-state index contributed by atoms with van der Waals surface area (Å²) < 4.78 is 66.3. The SMILES string of the molecule is Brc1ccc2ncccc2c1.C1=C(c2ccc3ncccc3c2)CCC2(C1)OCCO2.CC1(C)OB(C2=CCC3(CC2)OCCO3)OC1(C)C.CCOC(=O)c1nnn(Cc2ccc(OC)cc2)c1OC1CCC(c2ccc3ncccc3c2)CC1.O=C1CCC(c2ccc3ncccc3c2)CC1.OC1CCC(c2ccc3ncccc3c2)CC1.c1cnc2ccc(C3CCC4(CC3)OCCO4)cc2c1. The van der Waals surface area contributed by atoms with Crippen LogP contribution in [-0.4, -0.2) is 163 Å². The Balaban J connectivity index is 0.000000111. The maximum atomic E-state index is 12.6. The van der Waals surface area contributed by atoms with E-state index in [0.29, 0.717) is 55.1 Å². The number of aromatic nitrogens is 9. The zero-order valence-corrected chi connectivity index (χ0v) is 82.7. The van der Waals surface area contributed by atoms with Crippen LogP contribution in [0.4, 0.5) is 0 Å². The number of hydrogen-bond acceptors (Lipinski definition) is 22. The van der Waals surface area contributed by atoms with E-state index >= 15 is 0 Å².